The van der Waals surface area contributed by atoms with Crippen molar-refractivity contribution in [2.45, 2.75) is 13.0 Å². The Morgan fingerprint density at radius 2 is 2.50 bits per heavy atom. The molecule has 68 valence electrons. The Labute approximate surface area is 77.5 Å². The van der Waals surface area contributed by atoms with E-state index in [0.29, 0.717) is 19.0 Å². The Hall–Kier alpha value is -0.540. The molecule has 1 heterocycles. The van der Waals surface area contributed by atoms with Gasteiger partial charge in [-0.1, -0.05) is 11.6 Å². The molecule has 1 N–H and O–H groups in total. The Morgan fingerprint density at radius 3 is 3.08 bits per heavy atom. The van der Waals surface area contributed by atoms with Crippen molar-refractivity contribution in [1.82, 2.24) is 4.90 Å². The summed E-state index contributed by atoms with van der Waals surface area (Å²) in [5.74, 6) is 0.459. The van der Waals surface area contributed by atoms with Crippen LogP contribution in [0.4, 0.5) is 0 Å². The normalized spacial score (nSPS) is 24.8. The van der Waals surface area contributed by atoms with Crippen molar-refractivity contribution >= 4 is 17.4 Å². The van der Waals surface area contributed by atoms with E-state index in [2.05, 4.69) is 0 Å². The molecule has 1 aliphatic heterocycles. The summed E-state index contributed by atoms with van der Waals surface area (Å²) in [6.45, 7) is 4.21. The smallest absolute Gasteiger partial charge is 0.121 e. The first kappa shape index (κ1) is 9.55. The molecule has 1 aliphatic rings. The van der Waals surface area contributed by atoms with Gasteiger partial charge in [0.05, 0.1) is 19.3 Å². The molecule has 0 spiro atoms. The van der Waals surface area contributed by atoms with Crippen LogP contribution in [0.5, 0.6) is 0 Å². The minimum atomic E-state index is 0.277. The lowest BCUT2D eigenvalue weighted by Crippen LogP contribution is -2.46. The summed E-state index contributed by atoms with van der Waals surface area (Å²) in [5, 5.41) is 7.61. The molecule has 0 amide bonds. The minimum absolute atomic E-state index is 0.277. The molecule has 0 bridgehead atoms. The first-order chi connectivity index (χ1) is 5.75. The van der Waals surface area contributed by atoms with Gasteiger partial charge in [-0.3, -0.25) is 5.41 Å². The van der Waals surface area contributed by atoms with E-state index in [1.165, 1.54) is 5.54 Å². The first-order valence-electron chi connectivity index (χ1n) is 3.95. The van der Waals surface area contributed by atoms with E-state index in [-0.39, 0.29) is 6.04 Å². The maximum atomic E-state index is 7.61. The quantitative estimate of drug-likeness (QED) is 0.500. The third-order valence-corrected chi connectivity index (χ3v) is 2.02. The lowest BCUT2D eigenvalue weighted by Gasteiger charge is -2.34. The van der Waals surface area contributed by atoms with Crippen molar-refractivity contribution in [3.63, 3.8) is 0 Å². The topological polar surface area (TPSA) is 36.3 Å². The molecular formula is C8H13ClN2O. The second kappa shape index (κ2) is 4.48. The fourth-order valence-corrected chi connectivity index (χ4v) is 1.36. The minimum Gasteiger partial charge on any atom is -0.377 e. The maximum absolute atomic E-state index is 7.61. The van der Waals surface area contributed by atoms with Crippen LogP contribution in [0.2, 0.25) is 0 Å². The van der Waals surface area contributed by atoms with E-state index >= 15 is 0 Å². The zero-order valence-electron chi connectivity index (χ0n) is 7.09. The van der Waals surface area contributed by atoms with Crippen LogP contribution in [-0.2, 0) is 4.74 Å². The molecule has 0 saturated carbocycles. The molecule has 1 fully saturated rings. The second-order valence-electron chi connectivity index (χ2n) is 2.80. The monoisotopic (exact) mass is 188 g/mol. The number of ether oxygens (including phenoxy) is 1. The van der Waals surface area contributed by atoms with Gasteiger partial charge in [0.1, 0.15) is 5.84 Å². The molecular weight excluding hydrogens is 176 g/mol. The molecule has 12 heavy (non-hydrogen) atoms. The maximum Gasteiger partial charge on any atom is 0.121 e. The summed E-state index contributed by atoms with van der Waals surface area (Å²) in [5.41, 5.74) is 1.37. The van der Waals surface area contributed by atoms with Gasteiger partial charge >= 0.3 is 0 Å². The number of hydrogen-bond donors (Lipinski definition) is 1. The second-order valence-corrected chi connectivity index (χ2v) is 3.05. The number of rotatable bonds is 1. The van der Waals surface area contributed by atoms with Crippen LogP contribution in [0.1, 0.15) is 6.92 Å². The third kappa shape index (κ3) is 2.22. The van der Waals surface area contributed by atoms with Gasteiger partial charge in [-0.25, -0.2) is 0 Å². The lowest BCUT2D eigenvalue weighted by atomic mass is 10.2. The van der Waals surface area contributed by atoms with Gasteiger partial charge in [0, 0.05) is 12.1 Å². The van der Waals surface area contributed by atoms with Gasteiger partial charge in [0.25, 0.3) is 0 Å². The summed E-state index contributed by atoms with van der Waals surface area (Å²) in [6.07, 6.45) is 1.59. The van der Waals surface area contributed by atoms with Crippen molar-refractivity contribution in [2.75, 3.05) is 19.8 Å². The van der Waals surface area contributed by atoms with Crippen LogP contribution < -0.4 is 0 Å². The van der Waals surface area contributed by atoms with Crippen LogP contribution in [0, 0.1) is 5.41 Å². The van der Waals surface area contributed by atoms with Crippen LogP contribution >= 0.6 is 11.6 Å². The first-order valence-corrected chi connectivity index (χ1v) is 4.39. The van der Waals surface area contributed by atoms with E-state index in [1.54, 1.807) is 6.08 Å². The summed E-state index contributed by atoms with van der Waals surface area (Å²) in [6, 6.07) is 0.277. The molecule has 0 radical (unpaired) electrons. The SMILES string of the molecule is C[C@@H]1COCCN1C(=N)/C=C/Cl. The summed E-state index contributed by atoms with van der Waals surface area (Å²) < 4.78 is 5.24. The van der Waals surface area contributed by atoms with Gasteiger partial charge in [-0.2, -0.15) is 0 Å². The predicted octanol–water partition coefficient (Wildman–Crippen LogP) is 1.44. The fraction of sp³-hybridized carbons (Fsp3) is 0.625. The van der Waals surface area contributed by atoms with Gasteiger partial charge in [0.2, 0.25) is 0 Å². The number of hydrogen-bond acceptors (Lipinski definition) is 2. The highest BCUT2D eigenvalue weighted by molar-refractivity contribution is 6.26. The number of nitrogens with one attached hydrogen (secondary N) is 1. The Balaban J connectivity index is 2.53. The predicted molar refractivity (Wildman–Crippen MR) is 49.7 cm³/mol. The van der Waals surface area contributed by atoms with Crippen LogP contribution in [0.3, 0.4) is 0 Å². The molecule has 3 nitrogen and oxygen atoms in total. The van der Waals surface area contributed by atoms with E-state index in [0.717, 1.165) is 6.54 Å². The summed E-state index contributed by atoms with van der Waals surface area (Å²) >= 11 is 5.38. The summed E-state index contributed by atoms with van der Waals surface area (Å²) in [4.78, 5) is 1.97. The molecule has 0 unspecified atom stereocenters. The zero-order chi connectivity index (χ0) is 8.97. The number of morpholine rings is 1. The van der Waals surface area contributed by atoms with Crippen LogP contribution in [0.15, 0.2) is 11.6 Å². The lowest BCUT2D eigenvalue weighted by molar-refractivity contribution is 0.0333. The van der Waals surface area contributed by atoms with Gasteiger partial charge in [-0.05, 0) is 13.0 Å². The highest BCUT2D eigenvalue weighted by atomic mass is 35.5. The van der Waals surface area contributed by atoms with E-state index in [4.69, 9.17) is 21.7 Å². The molecule has 0 aromatic heterocycles. The Morgan fingerprint density at radius 1 is 1.75 bits per heavy atom. The zero-order valence-corrected chi connectivity index (χ0v) is 7.84. The van der Waals surface area contributed by atoms with Crippen molar-refractivity contribution in [3.8, 4) is 0 Å². The highest BCUT2D eigenvalue weighted by Crippen LogP contribution is 2.07. The molecule has 0 aromatic carbocycles. The number of amidine groups is 1. The standard InChI is InChI=1S/C8H13ClN2O/c1-7-6-12-5-4-11(7)8(10)2-3-9/h2-3,7,10H,4-6H2,1H3/b3-2+,10-8?/t7-/m1/s1. The van der Waals surface area contributed by atoms with Gasteiger partial charge < -0.3 is 9.64 Å². The molecule has 0 aliphatic carbocycles. The van der Waals surface area contributed by atoms with Crippen molar-refractivity contribution in [2.24, 2.45) is 0 Å². The van der Waals surface area contributed by atoms with E-state index in [1.807, 2.05) is 11.8 Å². The number of nitrogens with zero attached hydrogens (tertiary/aromatic N) is 1. The molecule has 0 aromatic rings. The Kier molecular flexibility index (Phi) is 3.56. The van der Waals surface area contributed by atoms with E-state index < -0.39 is 0 Å². The van der Waals surface area contributed by atoms with E-state index in [9.17, 15) is 0 Å². The third-order valence-electron chi connectivity index (χ3n) is 1.90. The van der Waals surface area contributed by atoms with Gasteiger partial charge in [-0.15, -0.1) is 0 Å². The molecule has 1 rings (SSSR count). The average molecular weight is 189 g/mol. The number of halogens is 1. The van der Waals surface area contributed by atoms with Gasteiger partial charge in [0.15, 0.2) is 0 Å². The molecule has 1 saturated heterocycles. The molecule has 4 heteroatoms. The molecule has 1 atom stereocenters. The highest BCUT2D eigenvalue weighted by Gasteiger charge is 2.19. The summed E-state index contributed by atoms with van der Waals surface area (Å²) in [7, 11) is 0. The average Bonchev–Trinajstić information content (AvgIpc) is 2.05. The van der Waals surface area contributed by atoms with Crippen LogP contribution in [0.25, 0.3) is 0 Å². The van der Waals surface area contributed by atoms with Crippen LogP contribution in [-0.4, -0.2) is 36.5 Å². The Bertz CT molecular complexity index is 193. The largest absolute Gasteiger partial charge is 0.377 e. The fourth-order valence-electron chi connectivity index (χ4n) is 1.24. The van der Waals surface area contributed by atoms with Crippen molar-refractivity contribution in [1.29, 1.82) is 5.41 Å². The van der Waals surface area contributed by atoms with Crippen molar-refractivity contribution in [3.05, 3.63) is 11.6 Å². The van der Waals surface area contributed by atoms with Crippen molar-refractivity contribution < 1.29 is 4.74 Å².